The van der Waals surface area contributed by atoms with Gasteiger partial charge in [0.15, 0.2) is 0 Å². The molecule has 0 bridgehead atoms. The molecule has 1 fully saturated rings. The number of amides is 1. The topological polar surface area (TPSA) is 29.5 Å². The van der Waals surface area contributed by atoms with E-state index in [1.165, 1.54) is 6.42 Å². The van der Waals surface area contributed by atoms with E-state index in [9.17, 15) is 4.79 Å². The number of likely N-dealkylation sites (tertiary alicyclic amines) is 1. The first-order valence-electron chi connectivity index (χ1n) is 5.54. The highest BCUT2D eigenvalue weighted by Gasteiger charge is 2.24. The molecule has 0 aromatic rings. The predicted octanol–water partition coefficient (Wildman–Crippen LogP) is 2.65. The van der Waals surface area contributed by atoms with E-state index in [2.05, 4.69) is 6.92 Å². The summed E-state index contributed by atoms with van der Waals surface area (Å²) in [6, 6.07) is 0.350. The molecule has 3 nitrogen and oxygen atoms in total. The first kappa shape index (κ1) is 11.3. The molecule has 0 aromatic carbocycles. The summed E-state index contributed by atoms with van der Waals surface area (Å²) in [5.41, 5.74) is 0. The lowest BCUT2D eigenvalue weighted by Gasteiger charge is -2.32. The third-order valence-electron chi connectivity index (χ3n) is 2.58. The van der Waals surface area contributed by atoms with Crippen molar-refractivity contribution in [3.8, 4) is 0 Å². The quantitative estimate of drug-likeness (QED) is 0.684. The summed E-state index contributed by atoms with van der Waals surface area (Å²) in [5.74, 6) is 0.416. The number of carbonyl (C=O) groups excluding carboxylic acids is 1. The van der Waals surface area contributed by atoms with Gasteiger partial charge in [-0.15, -0.1) is 0 Å². The van der Waals surface area contributed by atoms with Crippen LogP contribution in [0, 0.1) is 5.92 Å². The Morgan fingerprint density at radius 2 is 2.21 bits per heavy atom. The van der Waals surface area contributed by atoms with Crippen molar-refractivity contribution in [2.24, 2.45) is 5.92 Å². The SMILES string of the molecule is CC(C)COC(=O)N1CCCCC1C. The van der Waals surface area contributed by atoms with Gasteiger partial charge in [0.2, 0.25) is 0 Å². The third-order valence-corrected chi connectivity index (χ3v) is 2.58. The Bertz CT molecular complexity index is 192. The van der Waals surface area contributed by atoms with Gasteiger partial charge in [0, 0.05) is 12.6 Å². The molecule has 14 heavy (non-hydrogen) atoms. The number of hydrogen-bond acceptors (Lipinski definition) is 2. The van der Waals surface area contributed by atoms with Crippen LogP contribution in [0.15, 0.2) is 0 Å². The lowest BCUT2D eigenvalue weighted by Crippen LogP contribution is -2.42. The average Bonchev–Trinajstić information content (AvgIpc) is 2.15. The fourth-order valence-corrected chi connectivity index (χ4v) is 1.69. The van der Waals surface area contributed by atoms with Crippen LogP contribution >= 0.6 is 0 Å². The number of ether oxygens (including phenoxy) is 1. The van der Waals surface area contributed by atoms with E-state index in [0.29, 0.717) is 18.6 Å². The molecule has 0 aliphatic carbocycles. The van der Waals surface area contributed by atoms with Crippen LogP contribution in [0.5, 0.6) is 0 Å². The van der Waals surface area contributed by atoms with Gasteiger partial charge in [-0.25, -0.2) is 4.79 Å². The number of rotatable bonds is 2. The normalized spacial score (nSPS) is 22.6. The monoisotopic (exact) mass is 199 g/mol. The van der Waals surface area contributed by atoms with E-state index >= 15 is 0 Å². The Morgan fingerprint density at radius 1 is 1.50 bits per heavy atom. The Morgan fingerprint density at radius 3 is 2.79 bits per heavy atom. The largest absolute Gasteiger partial charge is 0.449 e. The molecule has 0 aromatic heterocycles. The fraction of sp³-hybridized carbons (Fsp3) is 0.909. The second-order valence-electron chi connectivity index (χ2n) is 4.51. The van der Waals surface area contributed by atoms with Crippen LogP contribution in [0.25, 0.3) is 0 Å². The van der Waals surface area contributed by atoms with Crippen molar-refractivity contribution in [1.82, 2.24) is 4.90 Å². The first-order chi connectivity index (χ1) is 6.61. The fourth-order valence-electron chi connectivity index (χ4n) is 1.69. The van der Waals surface area contributed by atoms with Crippen molar-refractivity contribution in [3.05, 3.63) is 0 Å². The third kappa shape index (κ3) is 3.20. The molecule has 1 atom stereocenters. The zero-order valence-electron chi connectivity index (χ0n) is 9.45. The van der Waals surface area contributed by atoms with E-state index in [0.717, 1.165) is 19.4 Å². The molecule has 1 saturated heterocycles. The summed E-state index contributed by atoms with van der Waals surface area (Å²) in [6.07, 6.45) is 3.32. The molecule has 3 heteroatoms. The van der Waals surface area contributed by atoms with Crippen LogP contribution in [0.3, 0.4) is 0 Å². The zero-order valence-corrected chi connectivity index (χ0v) is 9.45. The molecule has 0 N–H and O–H groups in total. The highest BCUT2D eigenvalue weighted by atomic mass is 16.6. The van der Waals surface area contributed by atoms with Crippen LogP contribution in [0.4, 0.5) is 4.79 Å². The van der Waals surface area contributed by atoms with Gasteiger partial charge in [0.1, 0.15) is 0 Å². The molecule has 1 heterocycles. The highest BCUT2D eigenvalue weighted by Crippen LogP contribution is 2.17. The van der Waals surface area contributed by atoms with E-state index < -0.39 is 0 Å². The van der Waals surface area contributed by atoms with E-state index in [-0.39, 0.29) is 6.09 Å². The van der Waals surface area contributed by atoms with Crippen molar-refractivity contribution in [2.45, 2.75) is 46.1 Å². The van der Waals surface area contributed by atoms with Crippen molar-refractivity contribution in [1.29, 1.82) is 0 Å². The van der Waals surface area contributed by atoms with Gasteiger partial charge >= 0.3 is 6.09 Å². The minimum atomic E-state index is -0.133. The second-order valence-corrected chi connectivity index (χ2v) is 4.51. The predicted molar refractivity (Wildman–Crippen MR) is 56.2 cm³/mol. The molecule has 0 saturated carbocycles. The van der Waals surface area contributed by atoms with Crippen molar-refractivity contribution >= 4 is 6.09 Å². The maximum Gasteiger partial charge on any atom is 0.410 e. The zero-order chi connectivity index (χ0) is 10.6. The molecule has 0 spiro atoms. The van der Waals surface area contributed by atoms with Gasteiger partial charge in [0.05, 0.1) is 6.61 Å². The standard InChI is InChI=1S/C11H21NO2/c1-9(2)8-14-11(13)12-7-5-4-6-10(12)3/h9-10H,4-8H2,1-3H3. The number of carbonyl (C=O) groups is 1. The number of nitrogens with zero attached hydrogens (tertiary/aromatic N) is 1. The lowest BCUT2D eigenvalue weighted by atomic mass is 10.0. The van der Waals surface area contributed by atoms with Crippen LogP contribution in [-0.4, -0.2) is 30.2 Å². The van der Waals surface area contributed by atoms with Crippen LogP contribution in [-0.2, 0) is 4.74 Å². The molecule has 1 aliphatic heterocycles. The summed E-state index contributed by atoms with van der Waals surface area (Å²) in [7, 11) is 0. The first-order valence-corrected chi connectivity index (χ1v) is 5.54. The molecule has 0 radical (unpaired) electrons. The smallest absolute Gasteiger partial charge is 0.410 e. The van der Waals surface area contributed by atoms with E-state index in [1.807, 2.05) is 18.7 Å². The Labute approximate surface area is 86.4 Å². The lowest BCUT2D eigenvalue weighted by molar-refractivity contribution is 0.0693. The molecular weight excluding hydrogens is 178 g/mol. The van der Waals surface area contributed by atoms with Crippen molar-refractivity contribution < 1.29 is 9.53 Å². The molecule has 1 aliphatic rings. The summed E-state index contributed by atoms with van der Waals surface area (Å²) >= 11 is 0. The Hall–Kier alpha value is -0.730. The van der Waals surface area contributed by atoms with Gasteiger partial charge in [-0.2, -0.15) is 0 Å². The molecule has 1 unspecified atom stereocenters. The molecule has 1 rings (SSSR count). The van der Waals surface area contributed by atoms with Crippen LogP contribution in [0.1, 0.15) is 40.0 Å². The van der Waals surface area contributed by atoms with E-state index in [4.69, 9.17) is 4.74 Å². The molecule has 1 amide bonds. The summed E-state index contributed by atoms with van der Waals surface area (Å²) in [6.45, 7) is 7.58. The van der Waals surface area contributed by atoms with Gasteiger partial charge in [0.25, 0.3) is 0 Å². The number of piperidine rings is 1. The average molecular weight is 199 g/mol. The maximum atomic E-state index is 11.6. The molecular formula is C11H21NO2. The Balaban J connectivity index is 2.34. The van der Waals surface area contributed by atoms with Gasteiger partial charge in [-0.05, 0) is 32.1 Å². The van der Waals surface area contributed by atoms with Gasteiger partial charge in [-0.3, -0.25) is 0 Å². The van der Waals surface area contributed by atoms with Crippen LogP contribution in [0.2, 0.25) is 0 Å². The van der Waals surface area contributed by atoms with Gasteiger partial charge in [-0.1, -0.05) is 13.8 Å². The van der Waals surface area contributed by atoms with Crippen LogP contribution < -0.4 is 0 Å². The summed E-state index contributed by atoms with van der Waals surface area (Å²) in [4.78, 5) is 13.5. The Kier molecular flexibility index (Phi) is 4.23. The summed E-state index contributed by atoms with van der Waals surface area (Å²) < 4.78 is 5.20. The maximum absolute atomic E-state index is 11.6. The highest BCUT2D eigenvalue weighted by molar-refractivity contribution is 5.68. The second kappa shape index (κ2) is 5.23. The van der Waals surface area contributed by atoms with E-state index in [1.54, 1.807) is 0 Å². The van der Waals surface area contributed by atoms with Crippen molar-refractivity contribution in [3.63, 3.8) is 0 Å². The minimum Gasteiger partial charge on any atom is -0.449 e. The van der Waals surface area contributed by atoms with Gasteiger partial charge < -0.3 is 9.64 Å². The minimum absolute atomic E-state index is 0.133. The van der Waals surface area contributed by atoms with Crippen molar-refractivity contribution in [2.75, 3.05) is 13.2 Å². The molecule has 82 valence electrons. The number of hydrogen-bond donors (Lipinski definition) is 0. The summed E-state index contributed by atoms with van der Waals surface area (Å²) in [5, 5.41) is 0.